The van der Waals surface area contributed by atoms with E-state index in [4.69, 9.17) is 0 Å². The van der Waals surface area contributed by atoms with E-state index in [1.54, 1.807) is 12.3 Å². The van der Waals surface area contributed by atoms with Crippen molar-refractivity contribution in [3.05, 3.63) is 72.1 Å². The largest absolute Gasteiger partial charge is 0.352 e. The highest BCUT2D eigenvalue weighted by Crippen LogP contribution is 2.20. The highest BCUT2D eigenvalue weighted by Gasteiger charge is 2.23. The summed E-state index contributed by atoms with van der Waals surface area (Å²) in [5, 5.41) is 8.81. The molecular formula is C22H23N5O. The molecule has 1 aliphatic rings. The zero-order chi connectivity index (χ0) is 19.3. The second-order valence-electron chi connectivity index (χ2n) is 6.82. The van der Waals surface area contributed by atoms with Crippen molar-refractivity contribution in [2.75, 3.05) is 31.1 Å². The van der Waals surface area contributed by atoms with Gasteiger partial charge in [0, 0.05) is 37.9 Å². The Labute approximate surface area is 164 Å². The number of carbonyl (C=O) groups excluding carboxylic acids is 1. The van der Waals surface area contributed by atoms with Crippen molar-refractivity contribution in [1.82, 2.24) is 20.1 Å². The molecule has 1 saturated heterocycles. The molecule has 2 aromatic heterocycles. The molecule has 0 saturated carbocycles. The number of pyridine rings is 1. The van der Waals surface area contributed by atoms with E-state index in [0.717, 1.165) is 36.6 Å². The lowest BCUT2D eigenvalue weighted by Crippen LogP contribution is -2.49. The minimum Gasteiger partial charge on any atom is -0.352 e. The van der Waals surface area contributed by atoms with Gasteiger partial charge in [0.1, 0.15) is 5.69 Å². The average molecular weight is 373 g/mol. The Kier molecular flexibility index (Phi) is 5.28. The number of hydrogen-bond donors (Lipinski definition) is 0. The third-order valence-corrected chi connectivity index (χ3v) is 5.08. The molecule has 28 heavy (non-hydrogen) atoms. The van der Waals surface area contributed by atoms with Crippen LogP contribution in [0.5, 0.6) is 0 Å². The third-order valence-electron chi connectivity index (χ3n) is 5.08. The molecule has 1 aromatic carbocycles. The molecule has 1 amide bonds. The fourth-order valence-corrected chi connectivity index (χ4v) is 3.35. The predicted octanol–water partition coefficient (Wildman–Crippen LogP) is 3.06. The van der Waals surface area contributed by atoms with E-state index in [1.165, 1.54) is 5.56 Å². The second kappa shape index (κ2) is 8.17. The zero-order valence-corrected chi connectivity index (χ0v) is 16.0. The predicted molar refractivity (Wildman–Crippen MR) is 109 cm³/mol. The maximum atomic E-state index is 12.5. The highest BCUT2D eigenvalue weighted by molar-refractivity contribution is 5.92. The van der Waals surface area contributed by atoms with Gasteiger partial charge >= 0.3 is 0 Å². The summed E-state index contributed by atoms with van der Waals surface area (Å²) in [6.45, 7) is 4.91. The molecule has 1 aliphatic heterocycles. The molecule has 0 aliphatic carbocycles. The number of piperazine rings is 1. The van der Waals surface area contributed by atoms with Crippen molar-refractivity contribution in [2.45, 2.75) is 13.3 Å². The Balaban J connectivity index is 1.38. The van der Waals surface area contributed by atoms with Crippen LogP contribution in [0, 0.1) is 0 Å². The number of aromatic nitrogens is 3. The van der Waals surface area contributed by atoms with Crippen LogP contribution in [0.4, 0.5) is 5.82 Å². The summed E-state index contributed by atoms with van der Waals surface area (Å²) in [6, 6.07) is 17.9. The molecule has 142 valence electrons. The molecule has 0 N–H and O–H groups in total. The number of aryl methyl sites for hydroxylation is 1. The van der Waals surface area contributed by atoms with Gasteiger partial charge < -0.3 is 9.80 Å². The summed E-state index contributed by atoms with van der Waals surface area (Å²) in [7, 11) is 0. The zero-order valence-electron chi connectivity index (χ0n) is 16.0. The third kappa shape index (κ3) is 3.86. The first-order valence-corrected chi connectivity index (χ1v) is 9.63. The topological polar surface area (TPSA) is 62.2 Å². The van der Waals surface area contributed by atoms with Crippen LogP contribution in [0.1, 0.15) is 23.0 Å². The second-order valence-corrected chi connectivity index (χ2v) is 6.82. The monoisotopic (exact) mass is 373 g/mol. The van der Waals surface area contributed by atoms with Gasteiger partial charge in [0.25, 0.3) is 5.91 Å². The molecule has 0 spiro atoms. The average Bonchev–Trinajstić information content (AvgIpc) is 2.79. The first-order chi connectivity index (χ1) is 13.7. The molecular weight excluding hydrogens is 350 g/mol. The van der Waals surface area contributed by atoms with E-state index in [1.807, 2.05) is 29.2 Å². The first-order valence-electron chi connectivity index (χ1n) is 9.63. The lowest BCUT2D eigenvalue weighted by molar-refractivity contribution is 0.0740. The van der Waals surface area contributed by atoms with Crippen LogP contribution in [-0.2, 0) is 6.42 Å². The molecule has 0 radical (unpaired) electrons. The van der Waals surface area contributed by atoms with Crippen LogP contribution in [0.25, 0.3) is 11.3 Å². The normalized spacial score (nSPS) is 14.2. The van der Waals surface area contributed by atoms with Gasteiger partial charge in [-0.15, -0.1) is 10.2 Å². The molecule has 0 bridgehead atoms. The number of amides is 1. The summed E-state index contributed by atoms with van der Waals surface area (Å²) in [4.78, 5) is 20.7. The summed E-state index contributed by atoms with van der Waals surface area (Å²) in [5.74, 6) is 0.830. The fourth-order valence-electron chi connectivity index (χ4n) is 3.35. The number of carbonyl (C=O) groups is 1. The quantitative estimate of drug-likeness (QED) is 0.703. The summed E-state index contributed by atoms with van der Waals surface area (Å²) >= 11 is 0. The van der Waals surface area contributed by atoms with Crippen molar-refractivity contribution in [1.29, 1.82) is 0 Å². The van der Waals surface area contributed by atoms with Gasteiger partial charge in [-0.2, -0.15) is 0 Å². The first kappa shape index (κ1) is 18.1. The minimum atomic E-state index is -0.0165. The Morgan fingerprint density at radius 1 is 0.929 bits per heavy atom. The van der Waals surface area contributed by atoms with Crippen LogP contribution in [-0.4, -0.2) is 52.2 Å². The van der Waals surface area contributed by atoms with Crippen LogP contribution in [0.3, 0.4) is 0 Å². The van der Waals surface area contributed by atoms with E-state index >= 15 is 0 Å². The van der Waals surface area contributed by atoms with Crippen molar-refractivity contribution < 1.29 is 4.79 Å². The fraction of sp³-hybridized carbons (Fsp3) is 0.273. The van der Waals surface area contributed by atoms with Crippen LogP contribution in [0.15, 0.2) is 60.8 Å². The van der Waals surface area contributed by atoms with Gasteiger partial charge in [-0.05, 0) is 36.2 Å². The Hall–Kier alpha value is -3.28. The highest BCUT2D eigenvalue weighted by atomic mass is 16.2. The number of anilines is 1. The molecule has 4 rings (SSSR count). The van der Waals surface area contributed by atoms with Crippen molar-refractivity contribution in [3.8, 4) is 11.3 Å². The summed E-state index contributed by atoms with van der Waals surface area (Å²) < 4.78 is 0. The molecule has 3 aromatic rings. The molecule has 0 atom stereocenters. The lowest BCUT2D eigenvalue weighted by atomic mass is 10.1. The van der Waals surface area contributed by atoms with Gasteiger partial charge in [-0.25, -0.2) is 0 Å². The van der Waals surface area contributed by atoms with Gasteiger partial charge in [0.05, 0.1) is 5.69 Å². The Morgan fingerprint density at radius 2 is 1.71 bits per heavy atom. The van der Waals surface area contributed by atoms with E-state index in [-0.39, 0.29) is 5.91 Å². The summed E-state index contributed by atoms with van der Waals surface area (Å²) in [6.07, 6.45) is 2.68. The van der Waals surface area contributed by atoms with Crippen molar-refractivity contribution >= 4 is 11.7 Å². The van der Waals surface area contributed by atoms with Gasteiger partial charge in [0.2, 0.25) is 0 Å². The van der Waals surface area contributed by atoms with Gasteiger partial charge in [-0.1, -0.05) is 37.3 Å². The van der Waals surface area contributed by atoms with E-state index < -0.39 is 0 Å². The number of rotatable bonds is 4. The smallest absolute Gasteiger partial charge is 0.272 e. The van der Waals surface area contributed by atoms with Crippen LogP contribution < -0.4 is 4.90 Å². The van der Waals surface area contributed by atoms with E-state index in [2.05, 4.69) is 51.3 Å². The maximum Gasteiger partial charge on any atom is 0.272 e. The maximum absolute atomic E-state index is 12.5. The van der Waals surface area contributed by atoms with Crippen molar-refractivity contribution in [3.63, 3.8) is 0 Å². The Bertz CT molecular complexity index is 917. The van der Waals surface area contributed by atoms with E-state index in [0.29, 0.717) is 18.8 Å². The van der Waals surface area contributed by atoms with Gasteiger partial charge in [0.15, 0.2) is 5.82 Å². The summed E-state index contributed by atoms with van der Waals surface area (Å²) in [5.41, 5.74) is 3.75. The van der Waals surface area contributed by atoms with Crippen molar-refractivity contribution in [2.24, 2.45) is 0 Å². The van der Waals surface area contributed by atoms with E-state index in [9.17, 15) is 4.79 Å². The molecule has 0 unspecified atom stereocenters. The van der Waals surface area contributed by atoms with Crippen LogP contribution in [0.2, 0.25) is 0 Å². The van der Waals surface area contributed by atoms with Gasteiger partial charge in [-0.3, -0.25) is 9.78 Å². The van der Waals surface area contributed by atoms with Crippen LogP contribution >= 0.6 is 0 Å². The Morgan fingerprint density at radius 3 is 2.32 bits per heavy atom. The number of hydrogen-bond acceptors (Lipinski definition) is 5. The standard InChI is InChI=1S/C22H23N5O/c1-2-17-6-8-18(9-7-17)19-10-11-21(25-24-19)26-13-15-27(16-14-26)22(28)20-5-3-4-12-23-20/h3-12H,2,13-16H2,1H3. The minimum absolute atomic E-state index is 0.0165. The SMILES string of the molecule is CCc1ccc(-c2ccc(N3CCN(C(=O)c4ccccn4)CC3)nn2)cc1. The molecule has 3 heterocycles. The number of benzene rings is 1. The molecule has 6 heteroatoms. The molecule has 6 nitrogen and oxygen atoms in total. The lowest BCUT2D eigenvalue weighted by Gasteiger charge is -2.35. The molecule has 1 fully saturated rings. The number of nitrogens with zero attached hydrogens (tertiary/aromatic N) is 5.